The molecule has 0 aliphatic carbocycles. The maximum Gasteiger partial charge on any atom is 0.306 e. The number of aliphatic hydroxyl groups excluding tert-OH is 1. The average Bonchev–Trinajstić information content (AvgIpc) is 2.36. The standard InChI is InChI=1S/C15H26O6S/c1-4-6-15(17)21-10-9-12(2)7-5-8-13(3)14(16)11-22(18,19)20/h8-9,14,16H,4-7,10-11H2,1-3H3,(H,18,19,20). The van der Waals surface area contributed by atoms with Crippen molar-refractivity contribution in [2.24, 2.45) is 0 Å². The van der Waals surface area contributed by atoms with E-state index in [1.807, 2.05) is 19.9 Å². The van der Waals surface area contributed by atoms with Crippen molar-refractivity contribution in [1.82, 2.24) is 0 Å². The van der Waals surface area contributed by atoms with Crippen molar-refractivity contribution in [1.29, 1.82) is 0 Å². The lowest BCUT2D eigenvalue weighted by atomic mass is 10.1. The Morgan fingerprint density at radius 2 is 1.86 bits per heavy atom. The minimum atomic E-state index is -4.19. The van der Waals surface area contributed by atoms with Gasteiger partial charge in [0, 0.05) is 6.42 Å². The number of esters is 1. The number of hydrogen-bond acceptors (Lipinski definition) is 5. The summed E-state index contributed by atoms with van der Waals surface area (Å²) in [5, 5.41) is 9.59. The normalized spacial score (nSPS) is 14.8. The van der Waals surface area contributed by atoms with E-state index in [1.54, 1.807) is 13.0 Å². The van der Waals surface area contributed by atoms with Gasteiger partial charge >= 0.3 is 5.97 Å². The van der Waals surface area contributed by atoms with Gasteiger partial charge in [-0.25, -0.2) is 0 Å². The quantitative estimate of drug-likeness (QED) is 0.361. The number of aliphatic hydroxyl groups is 1. The Morgan fingerprint density at radius 1 is 1.23 bits per heavy atom. The van der Waals surface area contributed by atoms with E-state index >= 15 is 0 Å². The highest BCUT2D eigenvalue weighted by Gasteiger charge is 2.15. The summed E-state index contributed by atoms with van der Waals surface area (Å²) in [5.74, 6) is -0.909. The van der Waals surface area contributed by atoms with Gasteiger partial charge in [0.05, 0.1) is 6.10 Å². The first-order valence-corrected chi connectivity index (χ1v) is 8.87. The van der Waals surface area contributed by atoms with E-state index in [0.29, 0.717) is 24.8 Å². The summed E-state index contributed by atoms with van der Waals surface area (Å²) >= 11 is 0. The highest BCUT2D eigenvalue weighted by molar-refractivity contribution is 7.85. The van der Waals surface area contributed by atoms with E-state index in [1.165, 1.54) is 0 Å². The van der Waals surface area contributed by atoms with Crippen molar-refractivity contribution in [3.05, 3.63) is 23.3 Å². The molecule has 0 aromatic heterocycles. The SMILES string of the molecule is CCCC(=O)OCC=C(C)CCC=C(C)C(O)CS(=O)(=O)O. The Balaban J connectivity index is 4.16. The Kier molecular flexibility index (Phi) is 9.97. The molecule has 0 rings (SSSR count). The Bertz CT molecular complexity index is 504. The van der Waals surface area contributed by atoms with Crippen LogP contribution in [0.25, 0.3) is 0 Å². The number of carbonyl (C=O) groups is 1. The number of hydrogen-bond donors (Lipinski definition) is 2. The minimum Gasteiger partial charge on any atom is -0.461 e. The number of rotatable bonds is 10. The van der Waals surface area contributed by atoms with Crippen LogP contribution in [0, 0.1) is 0 Å². The van der Waals surface area contributed by atoms with E-state index in [9.17, 15) is 18.3 Å². The van der Waals surface area contributed by atoms with Crippen molar-refractivity contribution in [2.45, 2.75) is 52.6 Å². The smallest absolute Gasteiger partial charge is 0.306 e. The second kappa shape index (κ2) is 10.5. The second-order valence-corrected chi connectivity index (χ2v) is 6.73. The van der Waals surface area contributed by atoms with Crippen molar-refractivity contribution >= 4 is 16.1 Å². The van der Waals surface area contributed by atoms with Crippen LogP contribution in [0.3, 0.4) is 0 Å². The molecule has 0 spiro atoms. The Labute approximate surface area is 132 Å². The molecule has 0 aliphatic rings. The average molecular weight is 334 g/mol. The van der Waals surface area contributed by atoms with Gasteiger partial charge in [0.15, 0.2) is 0 Å². The second-order valence-electron chi connectivity index (χ2n) is 5.23. The van der Waals surface area contributed by atoms with Crippen LogP contribution < -0.4 is 0 Å². The lowest BCUT2D eigenvalue weighted by Gasteiger charge is -2.09. The van der Waals surface area contributed by atoms with Gasteiger partial charge in [0.1, 0.15) is 12.4 Å². The summed E-state index contributed by atoms with van der Waals surface area (Å²) in [4.78, 5) is 11.2. The fourth-order valence-electron chi connectivity index (χ4n) is 1.65. The summed E-state index contributed by atoms with van der Waals surface area (Å²) in [7, 11) is -4.19. The van der Waals surface area contributed by atoms with Gasteiger partial charge in [-0.05, 0) is 44.8 Å². The molecule has 1 atom stereocenters. The van der Waals surface area contributed by atoms with Gasteiger partial charge in [-0.2, -0.15) is 8.42 Å². The molecule has 2 N–H and O–H groups in total. The van der Waals surface area contributed by atoms with Gasteiger partial charge < -0.3 is 9.84 Å². The maximum absolute atomic E-state index is 11.2. The Morgan fingerprint density at radius 3 is 2.41 bits per heavy atom. The predicted octanol–water partition coefficient (Wildman–Crippen LogP) is 2.25. The molecule has 6 nitrogen and oxygen atoms in total. The van der Waals surface area contributed by atoms with E-state index in [2.05, 4.69) is 0 Å². The molecule has 0 heterocycles. The van der Waals surface area contributed by atoms with E-state index in [0.717, 1.165) is 12.0 Å². The Hall–Kier alpha value is -1.18. The van der Waals surface area contributed by atoms with Crippen LogP contribution in [0.15, 0.2) is 23.3 Å². The van der Waals surface area contributed by atoms with E-state index in [4.69, 9.17) is 9.29 Å². The van der Waals surface area contributed by atoms with Gasteiger partial charge in [-0.15, -0.1) is 0 Å². The third-order valence-corrected chi connectivity index (χ3v) is 3.77. The van der Waals surface area contributed by atoms with Crippen LogP contribution in [-0.4, -0.2) is 42.5 Å². The topological polar surface area (TPSA) is 101 Å². The van der Waals surface area contributed by atoms with Crippen LogP contribution in [0.5, 0.6) is 0 Å². The molecule has 0 bridgehead atoms. The van der Waals surface area contributed by atoms with Crippen LogP contribution in [0.4, 0.5) is 0 Å². The van der Waals surface area contributed by atoms with Gasteiger partial charge in [0.25, 0.3) is 10.1 Å². The molecule has 128 valence electrons. The summed E-state index contributed by atoms with van der Waals surface area (Å²) in [5.41, 5.74) is 1.54. The predicted molar refractivity (Wildman–Crippen MR) is 85.0 cm³/mol. The highest BCUT2D eigenvalue weighted by Crippen LogP contribution is 2.10. The van der Waals surface area contributed by atoms with Crippen molar-refractivity contribution in [2.75, 3.05) is 12.4 Å². The highest BCUT2D eigenvalue weighted by atomic mass is 32.2. The van der Waals surface area contributed by atoms with Crippen molar-refractivity contribution in [3.63, 3.8) is 0 Å². The third kappa shape index (κ3) is 11.5. The summed E-state index contributed by atoms with van der Waals surface area (Å²) in [6, 6.07) is 0. The zero-order valence-electron chi connectivity index (χ0n) is 13.4. The van der Waals surface area contributed by atoms with Gasteiger partial charge in [-0.3, -0.25) is 9.35 Å². The molecule has 1 unspecified atom stereocenters. The fraction of sp³-hybridized carbons (Fsp3) is 0.667. The molecule has 0 fully saturated rings. The first-order chi connectivity index (χ1) is 10.2. The lowest BCUT2D eigenvalue weighted by Crippen LogP contribution is -2.21. The summed E-state index contributed by atoms with van der Waals surface area (Å²) < 4.78 is 35.0. The van der Waals surface area contributed by atoms with Crippen LogP contribution in [0.1, 0.15) is 46.5 Å². The van der Waals surface area contributed by atoms with Gasteiger partial charge in [0.2, 0.25) is 0 Å². The molecular weight excluding hydrogens is 308 g/mol. The van der Waals surface area contributed by atoms with Crippen molar-refractivity contribution < 1.29 is 27.6 Å². The van der Waals surface area contributed by atoms with E-state index < -0.39 is 22.0 Å². The first kappa shape index (κ1) is 20.8. The lowest BCUT2D eigenvalue weighted by molar-refractivity contribution is -0.142. The maximum atomic E-state index is 11.2. The van der Waals surface area contributed by atoms with Crippen LogP contribution in [0.2, 0.25) is 0 Å². The van der Waals surface area contributed by atoms with E-state index in [-0.39, 0.29) is 12.6 Å². The molecule has 0 amide bonds. The monoisotopic (exact) mass is 334 g/mol. The zero-order valence-corrected chi connectivity index (χ0v) is 14.2. The van der Waals surface area contributed by atoms with Crippen molar-refractivity contribution in [3.8, 4) is 0 Å². The molecule has 0 aromatic carbocycles. The van der Waals surface area contributed by atoms with Crippen LogP contribution >= 0.6 is 0 Å². The zero-order chi connectivity index (χ0) is 17.2. The number of carbonyl (C=O) groups excluding carboxylic acids is 1. The molecule has 0 saturated heterocycles. The molecule has 0 saturated carbocycles. The summed E-state index contributed by atoms with van der Waals surface area (Å²) in [6.07, 6.45) is 4.87. The molecule has 0 aromatic rings. The number of allylic oxidation sites excluding steroid dienone is 2. The molecule has 7 heteroatoms. The van der Waals surface area contributed by atoms with Gasteiger partial charge in [-0.1, -0.05) is 18.6 Å². The molecule has 0 aliphatic heterocycles. The first-order valence-electron chi connectivity index (χ1n) is 7.26. The molecular formula is C15H26O6S. The third-order valence-electron chi connectivity index (χ3n) is 3.03. The minimum absolute atomic E-state index is 0.212. The van der Waals surface area contributed by atoms with Crippen LogP contribution in [-0.2, 0) is 19.6 Å². The fourth-order valence-corrected chi connectivity index (χ4v) is 2.31. The number of ether oxygens (including phenoxy) is 1. The largest absolute Gasteiger partial charge is 0.461 e. The molecule has 22 heavy (non-hydrogen) atoms. The summed E-state index contributed by atoms with van der Waals surface area (Å²) in [6.45, 7) is 5.68. The molecule has 0 radical (unpaired) electrons.